The zero-order chi connectivity index (χ0) is 19.1. The molecule has 7 nitrogen and oxygen atoms in total. The Morgan fingerprint density at radius 3 is 2.04 bits per heavy atom. The summed E-state index contributed by atoms with van der Waals surface area (Å²) in [6, 6.07) is 6.11. The molecular formula is C20H28N4O3. The van der Waals surface area contributed by atoms with E-state index in [2.05, 4.69) is 20.6 Å². The Morgan fingerprint density at radius 2 is 1.44 bits per heavy atom. The van der Waals surface area contributed by atoms with Crippen molar-refractivity contribution in [3.8, 4) is 17.2 Å². The second kappa shape index (κ2) is 9.30. The van der Waals surface area contributed by atoms with E-state index < -0.39 is 0 Å². The molecule has 2 aromatic rings. The molecule has 1 fully saturated rings. The summed E-state index contributed by atoms with van der Waals surface area (Å²) < 4.78 is 16.2. The molecule has 0 unspecified atom stereocenters. The van der Waals surface area contributed by atoms with Crippen LogP contribution >= 0.6 is 0 Å². The number of methoxy groups -OCH3 is 3. The molecule has 1 saturated carbocycles. The normalized spacial score (nSPS) is 14.9. The molecule has 27 heavy (non-hydrogen) atoms. The van der Waals surface area contributed by atoms with E-state index >= 15 is 0 Å². The van der Waals surface area contributed by atoms with Gasteiger partial charge in [-0.3, -0.25) is 0 Å². The lowest BCUT2D eigenvalue weighted by Gasteiger charge is -2.17. The van der Waals surface area contributed by atoms with Crippen LogP contribution in [0.5, 0.6) is 17.2 Å². The van der Waals surface area contributed by atoms with Crippen molar-refractivity contribution in [2.75, 3.05) is 32.0 Å². The van der Waals surface area contributed by atoms with Gasteiger partial charge < -0.3 is 24.8 Å². The molecule has 146 valence electrons. The fourth-order valence-electron chi connectivity index (χ4n) is 3.44. The van der Waals surface area contributed by atoms with Gasteiger partial charge in [0.05, 0.1) is 21.3 Å². The smallest absolute Gasteiger partial charge is 0.203 e. The van der Waals surface area contributed by atoms with Crippen molar-refractivity contribution in [1.82, 2.24) is 9.97 Å². The van der Waals surface area contributed by atoms with Gasteiger partial charge in [-0.05, 0) is 12.8 Å². The summed E-state index contributed by atoms with van der Waals surface area (Å²) in [7, 11) is 4.78. The fraction of sp³-hybridized carbons (Fsp3) is 0.500. The summed E-state index contributed by atoms with van der Waals surface area (Å²) in [5.41, 5.74) is 0.795. The molecular weight excluding hydrogens is 344 g/mol. The van der Waals surface area contributed by atoms with E-state index in [4.69, 9.17) is 14.2 Å². The molecule has 0 amide bonds. The molecule has 1 aromatic carbocycles. The van der Waals surface area contributed by atoms with Gasteiger partial charge in [-0.2, -0.15) is 0 Å². The van der Waals surface area contributed by atoms with Crippen LogP contribution < -0.4 is 24.8 Å². The molecule has 0 bridgehead atoms. The van der Waals surface area contributed by atoms with E-state index in [0.29, 0.717) is 29.1 Å². The van der Waals surface area contributed by atoms with Crippen molar-refractivity contribution in [1.29, 1.82) is 0 Å². The Bertz CT molecular complexity index is 721. The predicted octanol–water partition coefficient (Wildman–Crippen LogP) is 4.38. The maximum Gasteiger partial charge on any atom is 0.203 e. The summed E-state index contributed by atoms with van der Waals surface area (Å²) >= 11 is 0. The van der Waals surface area contributed by atoms with Gasteiger partial charge in [-0.15, -0.1) is 0 Å². The van der Waals surface area contributed by atoms with Crippen LogP contribution in [0.25, 0.3) is 0 Å². The highest BCUT2D eigenvalue weighted by molar-refractivity contribution is 5.67. The van der Waals surface area contributed by atoms with Crippen molar-refractivity contribution in [3.63, 3.8) is 0 Å². The van der Waals surface area contributed by atoms with Gasteiger partial charge in [0.2, 0.25) is 5.75 Å². The molecule has 0 saturated heterocycles. The van der Waals surface area contributed by atoms with E-state index in [1.54, 1.807) is 27.7 Å². The second-order valence-corrected chi connectivity index (χ2v) is 6.66. The number of aromatic nitrogens is 2. The number of anilines is 3. The van der Waals surface area contributed by atoms with Crippen LogP contribution in [0.2, 0.25) is 0 Å². The fourth-order valence-corrected chi connectivity index (χ4v) is 3.44. The third-order valence-corrected chi connectivity index (χ3v) is 4.81. The van der Waals surface area contributed by atoms with Gasteiger partial charge >= 0.3 is 0 Å². The van der Waals surface area contributed by atoms with Crippen LogP contribution in [-0.4, -0.2) is 37.3 Å². The average Bonchev–Trinajstić information content (AvgIpc) is 2.96. The standard InChI is InChI=1S/C20H28N4O3/c1-25-16-10-15(11-17(26-2)20(16)27-3)24-19-12-18(21-13-22-19)23-14-8-6-4-5-7-9-14/h10-14H,4-9H2,1-3H3,(H2,21,22,23,24). The van der Waals surface area contributed by atoms with Crippen LogP contribution in [-0.2, 0) is 0 Å². The first kappa shape index (κ1) is 19.1. The highest BCUT2D eigenvalue weighted by Gasteiger charge is 2.15. The molecule has 1 heterocycles. The molecule has 0 aliphatic heterocycles. The lowest BCUT2D eigenvalue weighted by atomic mass is 10.1. The monoisotopic (exact) mass is 372 g/mol. The topological polar surface area (TPSA) is 77.5 Å². The third-order valence-electron chi connectivity index (χ3n) is 4.81. The zero-order valence-electron chi connectivity index (χ0n) is 16.2. The van der Waals surface area contributed by atoms with E-state index in [-0.39, 0.29) is 0 Å². The Labute approximate surface area is 160 Å². The van der Waals surface area contributed by atoms with E-state index in [1.165, 1.54) is 38.5 Å². The van der Waals surface area contributed by atoms with Crippen LogP contribution in [0.4, 0.5) is 17.3 Å². The maximum absolute atomic E-state index is 5.40. The highest BCUT2D eigenvalue weighted by atomic mass is 16.5. The first-order chi connectivity index (χ1) is 13.2. The molecule has 3 rings (SSSR count). The van der Waals surface area contributed by atoms with Crippen molar-refractivity contribution < 1.29 is 14.2 Å². The minimum atomic E-state index is 0.483. The number of rotatable bonds is 7. The largest absolute Gasteiger partial charge is 0.493 e. The van der Waals surface area contributed by atoms with Gasteiger partial charge in [-0.25, -0.2) is 9.97 Å². The molecule has 1 aromatic heterocycles. The number of ether oxygens (including phenoxy) is 3. The van der Waals surface area contributed by atoms with E-state index in [9.17, 15) is 0 Å². The summed E-state index contributed by atoms with van der Waals surface area (Å²) in [5.74, 6) is 3.28. The third kappa shape index (κ3) is 4.93. The SMILES string of the molecule is COc1cc(Nc2cc(NC3CCCCCC3)ncn2)cc(OC)c1OC. The average molecular weight is 372 g/mol. The summed E-state index contributed by atoms with van der Waals surface area (Å²) in [4.78, 5) is 8.69. The molecule has 0 spiro atoms. The second-order valence-electron chi connectivity index (χ2n) is 6.66. The van der Waals surface area contributed by atoms with Gasteiger partial charge in [0.1, 0.15) is 18.0 Å². The molecule has 2 N–H and O–H groups in total. The van der Waals surface area contributed by atoms with Crippen molar-refractivity contribution in [2.24, 2.45) is 0 Å². The highest BCUT2D eigenvalue weighted by Crippen LogP contribution is 2.40. The number of nitrogens with one attached hydrogen (secondary N) is 2. The number of nitrogens with zero attached hydrogens (tertiary/aromatic N) is 2. The number of hydrogen-bond donors (Lipinski definition) is 2. The summed E-state index contributed by atoms with van der Waals surface area (Å²) in [5, 5.41) is 6.84. The minimum Gasteiger partial charge on any atom is -0.493 e. The van der Waals surface area contributed by atoms with Gasteiger partial charge in [0.25, 0.3) is 0 Å². The Morgan fingerprint density at radius 1 is 0.815 bits per heavy atom. The van der Waals surface area contributed by atoms with E-state index in [1.807, 2.05) is 18.2 Å². The number of benzene rings is 1. The lowest BCUT2D eigenvalue weighted by Crippen LogP contribution is -2.19. The Hall–Kier alpha value is -2.70. The first-order valence-electron chi connectivity index (χ1n) is 9.39. The zero-order valence-corrected chi connectivity index (χ0v) is 16.2. The molecule has 1 aliphatic carbocycles. The Kier molecular flexibility index (Phi) is 6.57. The molecule has 1 aliphatic rings. The molecule has 7 heteroatoms. The quantitative estimate of drug-likeness (QED) is 0.698. The van der Waals surface area contributed by atoms with Crippen LogP contribution in [0.3, 0.4) is 0 Å². The van der Waals surface area contributed by atoms with Crippen LogP contribution in [0.15, 0.2) is 24.5 Å². The Balaban J connectivity index is 1.75. The van der Waals surface area contributed by atoms with Gasteiger partial charge in [-0.1, -0.05) is 25.7 Å². The van der Waals surface area contributed by atoms with E-state index in [0.717, 1.165) is 11.5 Å². The maximum atomic E-state index is 5.40. The summed E-state index contributed by atoms with van der Waals surface area (Å²) in [6.07, 6.45) is 9.17. The van der Waals surface area contributed by atoms with Gasteiger partial charge in [0.15, 0.2) is 11.5 Å². The van der Waals surface area contributed by atoms with Crippen LogP contribution in [0, 0.1) is 0 Å². The molecule has 0 radical (unpaired) electrons. The van der Waals surface area contributed by atoms with Gasteiger partial charge in [0, 0.05) is 29.9 Å². The predicted molar refractivity (Wildman–Crippen MR) is 107 cm³/mol. The number of hydrogen-bond acceptors (Lipinski definition) is 7. The van der Waals surface area contributed by atoms with Crippen LogP contribution in [0.1, 0.15) is 38.5 Å². The van der Waals surface area contributed by atoms with Crippen molar-refractivity contribution in [3.05, 3.63) is 24.5 Å². The first-order valence-corrected chi connectivity index (χ1v) is 9.39. The van der Waals surface area contributed by atoms with Crippen molar-refractivity contribution in [2.45, 2.75) is 44.6 Å². The van der Waals surface area contributed by atoms with Crippen molar-refractivity contribution >= 4 is 17.3 Å². The molecule has 0 atom stereocenters. The summed E-state index contributed by atoms with van der Waals surface area (Å²) in [6.45, 7) is 0. The lowest BCUT2D eigenvalue weighted by molar-refractivity contribution is 0.324. The minimum absolute atomic E-state index is 0.483.